The van der Waals surface area contributed by atoms with Gasteiger partial charge in [0.05, 0.1) is 32.0 Å². The number of carboxylic acid groups (broad SMARTS) is 2. The highest BCUT2D eigenvalue weighted by Crippen LogP contribution is 2.35. The normalized spacial score (nSPS) is 13.1. The summed E-state index contributed by atoms with van der Waals surface area (Å²) in [6.07, 6.45) is -10.1. The molecule has 0 radical (unpaired) electrons. The van der Waals surface area contributed by atoms with Crippen LogP contribution in [0.5, 0.6) is 5.75 Å². The summed E-state index contributed by atoms with van der Waals surface area (Å²) in [6, 6.07) is 9.68. The zero-order valence-electron chi connectivity index (χ0n) is 25.1. The predicted molar refractivity (Wildman–Crippen MR) is 162 cm³/mol. The lowest BCUT2D eigenvalue weighted by Crippen LogP contribution is -2.40. The van der Waals surface area contributed by atoms with Crippen LogP contribution < -0.4 is 14.8 Å². The second kappa shape index (κ2) is 15.1. The number of para-hydroxylation sites is 1. The highest BCUT2D eigenvalue weighted by molar-refractivity contribution is 7.89. The number of aryl methyl sites for hydroxylation is 1. The Kier molecular flexibility index (Phi) is 11.8. The summed E-state index contributed by atoms with van der Waals surface area (Å²) in [5, 5.41) is 30.6. The van der Waals surface area contributed by atoms with Crippen molar-refractivity contribution in [1.82, 2.24) is 14.7 Å². The third kappa shape index (κ3) is 10.1. The second-order valence-corrected chi connectivity index (χ2v) is 12.1. The maximum Gasteiger partial charge on any atom is 0.573 e. The average Bonchev–Trinajstić information content (AvgIpc) is 2.99. The molecule has 22 heteroatoms. The van der Waals surface area contributed by atoms with Crippen LogP contribution in [0.4, 0.5) is 37.8 Å². The molecule has 0 saturated heterocycles. The molecule has 0 saturated carbocycles. The molecule has 0 spiro atoms. The molecule has 0 aliphatic carbocycles. The van der Waals surface area contributed by atoms with Gasteiger partial charge in [0, 0.05) is 23.6 Å². The third-order valence-electron chi connectivity index (χ3n) is 6.34. The number of non-ortho nitro benzene ring substituents is 1. The number of carbonyl (C=O) groups is 2. The number of alkyl halides is 6. The van der Waals surface area contributed by atoms with Crippen LogP contribution in [0.15, 0.2) is 65.6 Å². The van der Waals surface area contributed by atoms with Crippen LogP contribution in [0, 0.1) is 17.0 Å². The van der Waals surface area contributed by atoms with Gasteiger partial charge in [-0.2, -0.15) is 13.2 Å². The quantitative estimate of drug-likeness (QED) is 0.0804. The lowest BCUT2D eigenvalue weighted by atomic mass is 10.00. The molecule has 4 N–H and O–H groups in total. The molecule has 0 fully saturated rings. The van der Waals surface area contributed by atoms with E-state index in [0.29, 0.717) is 0 Å². The Morgan fingerprint density at radius 2 is 1.60 bits per heavy atom. The third-order valence-corrected chi connectivity index (χ3v) is 8.21. The molecule has 0 amide bonds. The molecule has 0 bridgehead atoms. The standard InChI is InChI=1S/C26H21ClF3N5O7S.C2HF3O2/c1-13(34-43(40,41)17-9-7-16(8-10-17)35(38)39)22(15-6-11-21(20(27)12-15)42-26(28,29)30)33-24-18-4-3-5-19(25(36)37)23(18)31-14(2)32-24;3-2(4,5)1(6)7/h3-13,22,34H,1-2H3,(H,36,37)(H,31,32,33);(H,6,7)/t13?,22-;/m1./s1. The molecule has 1 aromatic heterocycles. The fourth-order valence-corrected chi connectivity index (χ4v) is 5.72. The highest BCUT2D eigenvalue weighted by Gasteiger charge is 2.38. The largest absolute Gasteiger partial charge is 0.573 e. The summed E-state index contributed by atoms with van der Waals surface area (Å²) in [5.41, 5.74) is -0.146. The monoisotopic (exact) mass is 753 g/mol. The number of rotatable bonds is 10. The smallest absolute Gasteiger partial charge is 0.478 e. The first-order chi connectivity index (χ1) is 23.0. The van der Waals surface area contributed by atoms with Gasteiger partial charge in [0.15, 0.2) is 0 Å². The van der Waals surface area contributed by atoms with E-state index in [9.17, 15) is 54.8 Å². The number of benzene rings is 3. The molecule has 3 aromatic carbocycles. The van der Waals surface area contributed by atoms with Crippen LogP contribution in [0.2, 0.25) is 5.02 Å². The molecule has 1 heterocycles. The number of nitro benzene ring substituents is 1. The van der Waals surface area contributed by atoms with Crippen molar-refractivity contribution < 1.29 is 64.2 Å². The lowest BCUT2D eigenvalue weighted by molar-refractivity contribution is -0.384. The van der Waals surface area contributed by atoms with E-state index in [2.05, 4.69) is 24.7 Å². The molecule has 1 unspecified atom stereocenters. The number of sulfonamides is 1. The van der Waals surface area contributed by atoms with E-state index >= 15 is 0 Å². The topological polar surface area (TPSA) is 211 Å². The number of hydrogen-bond acceptors (Lipinski definition) is 10. The Bertz CT molecular complexity index is 2030. The Morgan fingerprint density at radius 1 is 1.00 bits per heavy atom. The van der Waals surface area contributed by atoms with Crippen molar-refractivity contribution in [2.24, 2.45) is 0 Å². The molecule has 50 heavy (non-hydrogen) atoms. The summed E-state index contributed by atoms with van der Waals surface area (Å²) in [4.78, 5) is 39.3. The molecule has 4 aromatic rings. The fourth-order valence-electron chi connectivity index (χ4n) is 4.24. The maximum atomic E-state index is 13.2. The van der Waals surface area contributed by atoms with Crippen molar-refractivity contribution in [3.8, 4) is 5.75 Å². The van der Waals surface area contributed by atoms with Gasteiger partial charge in [-0.1, -0.05) is 23.7 Å². The number of hydrogen-bond donors (Lipinski definition) is 4. The minimum Gasteiger partial charge on any atom is -0.478 e. The van der Waals surface area contributed by atoms with Crippen LogP contribution in [-0.4, -0.2) is 64.0 Å². The number of aromatic carboxylic acids is 1. The number of nitro groups is 1. The number of halogens is 7. The number of aromatic nitrogens is 2. The first-order valence-corrected chi connectivity index (χ1v) is 15.3. The number of aliphatic carboxylic acids is 1. The Balaban J connectivity index is 0.000000872. The molecule has 0 aliphatic rings. The second-order valence-electron chi connectivity index (χ2n) is 9.95. The van der Waals surface area contributed by atoms with Gasteiger partial charge in [-0.15, -0.1) is 13.2 Å². The van der Waals surface area contributed by atoms with Crippen LogP contribution in [0.1, 0.15) is 34.7 Å². The van der Waals surface area contributed by atoms with Crippen LogP contribution >= 0.6 is 11.6 Å². The number of anilines is 1. The molecule has 14 nitrogen and oxygen atoms in total. The fraction of sp³-hybridized carbons (Fsp3) is 0.214. The molecular weight excluding hydrogens is 732 g/mol. The van der Waals surface area contributed by atoms with Crippen LogP contribution in [0.3, 0.4) is 0 Å². The van der Waals surface area contributed by atoms with E-state index < -0.39 is 62.3 Å². The van der Waals surface area contributed by atoms with E-state index in [1.54, 1.807) is 6.07 Å². The van der Waals surface area contributed by atoms with E-state index in [-0.39, 0.29) is 44.3 Å². The molecule has 2 atom stereocenters. The summed E-state index contributed by atoms with van der Waals surface area (Å²) in [7, 11) is -4.29. The van der Waals surface area contributed by atoms with Gasteiger partial charge in [-0.05, 0) is 55.8 Å². The maximum absolute atomic E-state index is 13.2. The zero-order chi connectivity index (χ0) is 37.8. The highest BCUT2D eigenvalue weighted by atomic mass is 35.5. The van der Waals surface area contributed by atoms with Crippen molar-refractivity contribution >= 4 is 56.0 Å². The van der Waals surface area contributed by atoms with Gasteiger partial charge in [0.2, 0.25) is 10.0 Å². The molecule has 268 valence electrons. The molecule has 0 aliphatic heterocycles. The van der Waals surface area contributed by atoms with Crippen LogP contribution in [-0.2, 0) is 14.8 Å². The SMILES string of the molecule is Cc1nc(N[C@@H](c2ccc(OC(F)(F)F)c(Cl)c2)C(C)NS(=O)(=O)c2ccc([N+](=O)[O-])cc2)c2cccc(C(=O)O)c2n1.O=C(O)C(F)(F)F. The first-order valence-electron chi connectivity index (χ1n) is 13.4. The Labute approximate surface area is 281 Å². The zero-order valence-corrected chi connectivity index (χ0v) is 26.6. The average molecular weight is 754 g/mol. The van der Waals surface area contributed by atoms with Gasteiger partial charge in [-0.25, -0.2) is 32.7 Å². The number of nitrogens with one attached hydrogen (secondary N) is 2. The van der Waals surface area contributed by atoms with E-state index in [4.69, 9.17) is 21.5 Å². The number of nitrogens with zero attached hydrogens (tertiary/aromatic N) is 3. The number of carboxylic acids is 2. The first kappa shape index (κ1) is 39.2. The van der Waals surface area contributed by atoms with Gasteiger partial charge in [0.1, 0.15) is 17.4 Å². The summed E-state index contributed by atoms with van der Waals surface area (Å²) in [6.45, 7) is 2.96. The number of ether oxygens (including phenoxy) is 1. The molecule has 4 rings (SSSR count). The molecular formula is C28H22ClF6N5O9S. The van der Waals surface area contributed by atoms with Gasteiger partial charge in [0.25, 0.3) is 5.69 Å². The van der Waals surface area contributed by atoms with Crippen molar-refractivity contribution in [1.29, 1.82) is 0 Å². The van der Waals surface area contributed by atoms with E-state index in [1.165, 1.54) is 32.0 Å². The summed E-state index contributed by atoms with van der Waals surface area (Å²) < 4.78 is 103. The number of fused-ring (bicyclic) bond motifs is 1. The minimum atomic E-state index is -5.08. The van der Waals surface area contributed by atoms with E-state index in [1.807, 2.05) is 0 Å². The lowest BCUT2D eigenvalue weighted by Gasteiger charge is -2.28. The summed E-state index contributed by atoms with van der Waals surface area (Å²) >= 11 is 6.10. The van der Waals surface area contributed by atoms with Crippen molar-refractivity contribution in [3.05, 3.63) is 92.8 Å². The van der Waals surface area contributed by atoms with Crippen molar-refractivity contribution in [2.75, 3.05) is 5.32 Å². The predicted octanol–water partition coefficient (Wildman–Crippen LogP) is 6.25. The minimum absolute atomic E-state index is 0.0924. The van der Waals surface area contributed by atoms with E-state index in [0.717, 1.165) is 36.4 Å². The van der Waals surface area contributed by atoms with Crippen molar-refractivity contribution in [2.45, 2.75) is 43.4 Å². The van der Waals surface area contributed by atoms with Gasteiger partial charge >= 0.3 is 24.5 Å². The van der Waals surface area contributed by atoms with Crippen molar-refractivity contribution in [3.63, 3.8) is 0 Å². The Hall–Kier alpha value is -5.28. The van der Waals surface area contributed by atoms with Gasteiger partial charge < -0.3 is 20.3 Å². The van der Waals surface area contributed by atoms with Crippen LogP contribution in [0.25, 0.3) is 10.9 Å². The Morgan fingerprint density at radius 3 is 2.10 bits per heavy atom. The van der Waals surface area contributed by atoms with Gasteiger partial charge in [-0.3, -0.25) is 10.1 Å². The summed E-state index contributed by atoms with van der Waals surface area (Å²) in [5.74, 6) is -4.42.